The van der Waals surface area contributed by atoms with Crippen LogP contribution in [0.5, 0.6) is 5.75 Å². The number of nitrogens with zero attached hydrogens (tertiary/aromatic N) is 2. The van der Waals surface area contributed by atoms with Crippen LogP contribution in [-0.4, -0.2) is 29.0 Å². The molecule has 3 aromatic rings. The maximum absolute atomic E-state index is 12.9. The molecule has 1 amide bonds. The van der Waals surface area contributed by atoms with E-state index in [4.69, 9.17) is 0 Å². The van der Waals surface area contributed by atoms with Crippen LogP contribution in [0.2, 0.25) is 0 Å². The second-order valence-electron chi connectivity index (χ2n) is 6.70. The number of alkyl halides is 2. The fourth-order valence-corrected chi connectivity index (χ4v) is 3.48. The second-order valence-corrected chi connectivity index (χ2v) is 6.70. The first-order valence-electron chi connectivity index (χ1n) is 8.95. The Bertz CT molecular complexity index is 1110. The van der Waals surface area contributed by atoms with E-state index in [-0.39, 0.29) is 18.0 Å². The molecule has 2 heterocycles. The second kappa shape index (κ2) is 7.46. The minimum Gasteiger partial charge on any atom is -0.435 e. The molecule has 0 radical (unpaired) electrons. The molecule has 1 N–H and O–H groups in total. The monoisotopic (exact) mass is 397 g/mol. The third-order valence-electron chi connectivity index (χ3n) is 4.80. The van der Waals surface area contributed by atoms with Crippen molar-refractivity contribution in [1.82, 2.24) is 4.98 Å². The molecule has 4 rings (SSSR count). The van der Waals surface area contributed by atoms with Crippen LogP contribution in [0, 0.1) is 5.92 Å². The van der Waals surface area contributed by atoms with Crippen LogP contribution in [0.1, 0.15) is 12.5 Å². The van der Waals surface area contributed by atoms with Crippen LogP contribution in [0.25, 0.3) is 10.9 Å². The van der Waals surface area contributed by atoms with Gasteiger partial charge in [-0.05, 0) is 48.2 Å². The summed E-state index contributed by atoms with van der Waals surface area (Å²) in [4.78, 5) is 28.9. The van der Waals surface area contributed by atoms with Gasteiger partial charge in [0.1, 0.15) is 11.7 Å². The van der Waals surface area contributed by atoms with Gasteiger partial charge in [-0.15, -0.1) is 0 Å². The summed E-state index contributed by atoms with van der Waals surface area (Å²) in [6.07, 6.45) is 1.89. The molecule has 2 aromatic carbocycles. The first-order valence-corrected chi connectivity index (χ1v) is 8.95. The Kier molecular flexibility index (Phi) is 4.84. The van der Waals surface area contributed by atoms with Gasteiger partial charge in [0, 0.05) is 18.1 Å². The highest BCUT2D eigenvalue weighted by Crippen LogP contribution is 2.28. The number of carbonyl (C=O) groups is 2. The molecule has 1 aliphatic rings. The molecule has 6 nitrogen and oxygen atoms in total. The lowest BCUT2D eigenvalue weighted by atomic mass is 9.93. The number of aromatic nitrogens is 1. The molecule has 1 unspecified atom stereocenters. The number of hydrogen-bond donors (Lipinski definition) is 1. The molecule has 0 bridgehead atoms. The van der Waals surface area contributed by atoms with Crippen LogP contribution in [-0.2, 0) is 16.0 Å². The van der Waals surface area contributed by atoms with Crippen molar-refractivity contribution in [1.29, 1.82) is 0 Å². The molecule has 148 valence electrons. The normalized spacial score (nSPS) is 16.6. The van der Waals surface area contributed by atoms with Gasteiger partial charge >= 0.3 is 6.61 Å². The number of benzene rings is 2. The van der Waals surface area contributed by atoms with E-state index in [0.717, 1.165) is 21.5 Å². The van der Waals surface area contributed by atoms with Gasteiger partial charge in [-0.3, -0.25) is 9.59 Å². The van der Waals surface area contributed by atoms with E-state index in [0.29, 0.717) is 11.4 Å². The quantitative estimate of drug-likeness (QED) is 0.641. The van der Waals surface area contributed by atoms with Crippen LogP contribution < -0.4 is 9.75 Å². The fraction of sp³-hybridized carbons (Fsp3) is 0.190. The Balaban J connectivity index is 1.52. The first kappa shape index (κ1) is 18.8. The lowest BCUT2D eigenvalue weighted by Crippen LogP contribution is -2.33. The fourth-order valence-electron chi connectivity index (χ4n) is 3.48. The zero-order valence-corrected chi connectivity index (χ0v) is 15.4. The van der Waals surface area contributed by atoms with Gasteiger partial charge in [0.15, 0.2) is 5.78 Å². The summed E-state index contributed by atoms with van der Waals surface area (Å²) in [5, 5.41) is 6.33. The number of rotatable bonds is 6. The summed E-state index contributed by atoms with van der Waals surface area (Å²) in [6.45, 7) is -1.30. The van der Waals surface area contributed by atoms with Crippen molar-refractivity contribution < 1.29 is 23.1 Å². The first-order chi connectivity index (χ1) is 13.9. The SMILES string of the molecule is CC1=NN(c2ccc(OC(F)F)cc2)C(=O)C1C(=O)Cc1cccc2cc[nH]c12. The molecule has 0 fully saturated rings. The summed E-state index contributed by atoms with van der Waals surface area (Å²) in [5.74, 6) is -1.72. The topological polar surface area (TPSA) is 74.8 Å². The highest BCUT2D eigenvalue weighted by atomic mass is 19.3. The number of ether oxygens (including phenoxy) is 1. The maximum Gasteiger partial charge on any atom is 0.387 e. The summed E-state index contributed by atoms with van der Waals surface area (Å²) in [5.41, 5.74) is 2.45. The number of carbonyl (C=O) groups excluding carboxylic acids is 2. The molecule has 8 heteroatoms. The predicted molar refractivity (Wildman–Crippen MR) is 104 cm³/mol. The minimum absolute atomic E-state index is 0.0252. The van der Waals surface area contributed by atoms with Gasteiger partial charge in [0.2, 0.25) is 0 Å². The number of Topliss-reactive ketones (excluding diaryl/α,β-unsaturated/α-hetero) is 1. The van der Waals surface area contributed by atoms with Gasteiger partial charge in [-0.25, -0.2) is 0 Å². The number of fused-ring (bicyclic) bond motifs is 1. The Morgan fingerprint density at radius 1 is 1.21 bits per heavy atom. The van der Waals surface area contributed by atoms with E-state index in [1.54, 1.807) is 13.1 Å². The van der Waals surface area contributed by atoms with Crippen LogP contribution in [0.4, 0.5) is 14.5 Å². The number of ketones is 1. The van der Waals surface area contributed by atoms with Crippen molar-refractivity contribution in [2.24, 2.45) is 11.0 Å². The van der Waals surface area contributed by atoms with Crippen LogP contribution in [0.3, 0.4) is 0 Å². The Hall–Kier alpha value is -3.55. The number of hydrazone groups is 1. The Labute approximate surface area is 164 Å². The van der Waals surface area contributed by atoms with Crippen molar-refractivity contribution in [2.75, 3.05) is 5.01 Å². The summed E-state index contributed by atoms with van der Waals surface area (Å²) in [7, 11) is 0. The van der Waals surface area contributed by atoms with Crippen molar-refractivity contribution in [3.05, 3.63) is 60.3 Å². The number of amides is 1. The zero-order valence-electron chi connectivity index (χ0n) is 15.4. The molecule has 1 atom stereocenters. The van der Waals surface area contributed by atoms with Crippen molar-refractivity contribution in [3.8, 4) is 5.75 Å². The standard InChI is InChI=1S/C21H17F2N3O3/c1-12-18(17(27)11-14-4-2-3-13-9-10-24-19(13)14)20(28)26(25-12)15-5-7-16(8-6-15)29-21(22)23/h2-10,18,21,24H,11H2,1H3. The smallest absolute Gasteiger partial charge is 0.387 e. The highest BCUT2D eigenvalue weighted by Gasteiger charge is 2.39. The Morgan fingerprint density at radius 3 is 2.69 bits per heavy atom. The van der Waals surface area contributed by atoms with E-state index in [1.165, 1.54) is 24.3 Å². The molecule has 0 spiro atoms. The van der Waals surface area contributed by atoms with Crippen LogP contribution in [0.15, 0.2) is 59.8 Å². The summed E-state index contributed by atoms with van der Waals surface area (Å²) < 4.78 is 28.9. The predicted octanol–water partition coefficient (Wildman–Crippen LogP) is 3.92. The van der Waals surface area contributed by atoms with E-state index in [2.05, 4.69) is 14.8 Å². The number of halogens is 2. The van der Waals surface area contributed by atoms with Gasteiger partial charge in [0.25, 0.3) is 5.91 Å². The van der Waals surface area contributed by atoms with Gasteiger partial charge in [-0.2, -0.15) is 18.9 Å². The number of anilines is 1. The number of nitrogens with one attached hydrogen (secondary N) is 1. The summed E-state index contributed by atoms with van der Waals surface area (Å²) in [6, 6.07) is 13.1. The number of aromatic amines is 1. The van der Waals surface area contributed by atoms with Crippen LogP contribution >= 0.6 is 0 Å². The number of hydrogen-bond acceptors (Lipinski definition) is 4. The van der Waals surface area contributed by atoms with E-state index >= 15 is 0 Å². The number of para-hydroxylation sites is 1. The van der Waals surface area contributed by atoms with E-state index < -0.39 is 18.4 Å². The minimum atomic E-state index is -2.93. The Morgan fingerprint density at radius 2 is 1.97 bits per heavy atom. The highest BCUT2D eigenvalue weighted by molar-refractivity contribution is 6.27. The molecule has 0 aliphatic carbocycles. The van der Waals surface area contributed by atoms with Gasteiger partial charge in [-0.1, -0.05) is 18.2 Å². The average Bonchev–Trinajstić information content (AvgIpc) is 3.27. The molecule has 1 aromatic heterocycles. The molecule has 0 saturated heterocycles. The van der Waals surface area contributed by atoms with Gasteiger partial charge < -0.3 is 9.72 Å². The third-order valence-corrected chi connectivity index (χ3v) is 4.80. The van der Waals surface area contributed by atoms with E-state index in [1.807, 2.05) is 24.3 Å². The number of H-pyrrole nitrogens is 1. The largest absolute Gasteiger partial charge is 0.435 e. The zero-order chi connectivity index (χ0) is 20.5. The molecule has 29 heavy (non-hydrogen) atoms. The molecule has 1 aliphatic heterocycles. The lowest BCUT2D eigenvalue weighted by Gasteiger charge is -2.15. The van der Waals surface area contributed by atoms with Crippen molar-refractivity contribution >= 4 is 34.0 Å². The maximum atomic E-state index is 12.9. The summed E-state index contributed by atoms with van der Waals surface area (Å²) >= 11 is 0. The molecule has 0 saturated carbocycles. The van der Waals surface area contributed by atoms with Crippen molar-refractivity contribution in [2.45, 2.75) is 20.0 Å². The van der Waals surface area contributed by atoms with Crippen molar-refractivity contribution in [3.63, 3.8) is 0 Å². The van der Waals surface area contributed by atoms with Gasteiger partial charge in [0.05, 0.1) is 11.4 Å². The average molecular weight is 397 g/mol. The van der Waals surface area contributed by atoms with E-state index in [9.17, 15) is 18.4 Å². The molecular formula is C21H17F2N3O3. The lowest BCUT2D eigenvalue weighted by molar-refractivity contribution is -0.128. The third kappa shape index (κ3) is 3.61. The molecular weight excluding hydrogens is 380 g/mol.